The van der Waals surface area contributed by atoms with E-state index in [1.165, 1.54) is 36.5 Å². The molecule has 2 aromatic rings. The molecular formula is C18H20F3N3O4S. The van der Waals surface area contributed by atoms with Crippen LogP contribution in [-0.2, 0) is 16.6 Å². The van der Waals surface area contributed by atoms with Crippen molar-refractivity contribution in [2.45, 2.75) is 37.5 Å². The molecule has 1 amide bonds. The zero-order valence-electron chi connectivity index (χ0n) is 15.7. The summed E-state index contributed by atoms with van der Waals surface area (Å²) in [5.74, 6) is -1.15. The van der Waals surface area contributed by atoms with E-state index in [2.05, 4.69) is 19.8 Å². The summed E-state index contributed by atoms with van der Waals surface area (Å²) in [6, 6.07) is 8.33. The van der Waals surface area contributed by atoms with Gasteiger partial charge >= 0.3 is 6.18 Å². The van der Waals surface area contributed by atoms with E-state index in [4.69, 9.17) is 0 Å². The second kappa shape index (κ2) is 9.23. The number of sulfonamides is 1. The molecule has 0 bridgehead atoms. The Hall–Kier alpha value is -2.66. The van der Waals surface area contributed by atoms with Crippen LogP contribution in [0.5, 0.6) is 5.88 Å². The first-order chi connectivity index (χ1) is 13.5. The standard InChI is InChI=1S/C18H20F3N3O4S/c1-12(2)24-29(26,27)14-6-3-5-13(9-14)10-23-16(25)15-7-4-8-22-17(15)28-11-18(19,20)21/h3-9,12,24H,10-11H2,1-2H3,(H,23,25). The molecule has 2 N–H and O–H groups in total. The summed E-state index contributed by atoms with van der Waals surface area (Å²) < 4.78 is 68.6. The topological polar surface area (TPSA) is 97.4 Å². The van der Waals surface area contributed by atoms with E-state index in [1.807, 2.05) is 0 Å². The summed E-state index contributed by atoms with van der Waals surface area (Å²) in [6.45, 7) is 1.76. The molecule has 0 radical (unpaired) electrons. The van der Waals surface area contributed by atoms with Gasteiger partial charge in [0, 0.05) is 18.8 Å². The van der Waals surface area contributed by atoms with Gasteiger partial charge in [-0.05, 0) is 43.7 Å². The molecule has 0 saturated carbocycles. The molecule has 0 aliphatic rings. The molecule has 0 unspecified atom stereocenters. The maximum absolute atomic E-state index is 12.3. The fourth-order valence-corrected chi connectivity index (χ4v) is 3.63. The van der Waals surface area contributed by atoms with Crippen molar-refractivity contribution in [1.29, 1.82) is 0 Å². The Morgan fingerprint density at radius 3 is 2.59 bits per heavy atom. The minimum Gasteiger partial charge on any atom is -0.467 e. The number of aromatic nitrogens is 1. The van der Waals surface area contributed by atoms with E-state index in [0.717, 1.165) is 0 Å². The number of pyridine rings is 1. The Kier molecular flexibility index (Phi) is 7.20. The van der Waals surface area contributed by atoms with Crippen LogP contribution in [0.25, 0.3) is 0 Å². The predicted molar refractivity (Wildman–Crippen MR) is 98.9 cm³/mol. The van der Waals surface area contributed by atoms with Gasteiger partial charge in [-0.1, -0.05) is 12.1 Å². The highest BCUT2D eigenvalue weighted by Crippen LogP contribution is 2.20. The van der Waals surface area contributed by atoms with Gasteiger partial charge in [-0.25, -0.2) is 18.1 Å². The molecule has 2 rings (SSSR count). The summed E-state index contributed by atoms with van der Waals surface area (Å²) in [6.07, 6.45) is -3.36. The minimum absolute atomic E-state index is 0.0357. The molecule has 1 aromatic carbocycles. The lowest BCUT2D eigenvalue weighted by Crippen LogP contribution is -2.30. The van der Waals surface area contributed by atoms with Crippen LogP contribution < -0.4 is 14.8 Å². The number of amides is 1. The highest BCUT2D eigenvalue weighted by Gasteiger charge is 2.29. The number of nitrogens with zero attached hydrogens (tertiary/aromatic N) is 1. The van der Waals surface area contributed by atoms with Gasteiger partial charge in [-0.2, -0.15) is 13.2 Å². The van der Waals surface area contributed by atoms with Gasteiger partial charge in [0.1, 0.15) is 5.56 Å². The predicted octanol–water partition coefficient (Wildman–Crippen LogP) is 2.64. The van der Waals surface area contributed by atoms with Crippen LogP contribution in [-0.4, -0.2) is 38.1 Å². The summed E-state index contributed by atoms with van der Waals surface area (Å²) in [4.78, 5) is 16.0. The highest BCUT2D eigenvalue weighted by molar-refractivity contribution is 7.89. The smallest absolute Gasteiger partial charge is 0.422 e. The lowest BCUT2D eigenvalue weighted by Gasteiger charge is -2.13. The minimum atomic E-state index is -4.57. The van der Waals surface area contributed by atoms with E-state index in [1.54, 1.807) is 19.9 Å². The fraction of sp³-hybridized carbons (Fsp3) is 0.333. The van der Waals surface area contributed by atoms with Crippen LogP contribution in [0.1, 0.15) is 29.8 Å². The van der Waals surface area contributed by atoms with Crippen LogP contribution in [0.2, 0.25) is 0 Å². The Morgan fingerprint density at radius 2 is 1.93 bits per heavy atom. The molecule has 0 spiro atoms. The van der Waals surface area contributed by atoms with Crippen molar-refractivity contribution in [1.82, 2.24) is 15.0 Å². The van der Waals surface area contributed by atoms with Gasteiger partial charge in [0.2, 0.25) is 15.9 Å². The van der Waals surface area contributed by atoms with E-state index >= 15 is 0 Å². The second-order valence-electron chi connectivity index (χ2n) is 6.37. The largest absolute Gasteiger partial charge is 0.467 e. The third kappa shape index (κ3) is 7.02. The number of halogens is 3. The molecule has 0 saturated heterocycles. The van der Waals surface area contributed by atoms with Gasteiger partial charge in [0.15, 0.2) is 6.61 Å². The molecule has 1 aromatic heterocycles. The molecular weight excluding hydrogens is 411 g/mol. The van der Waals surface area contributed by atoms with Gasteiger partial charge < -0.3 is 10.1 Å². The lowest BCUT2D eigenvalue weighted by atomic mass is 10.2. The van der Waals surface area contributed by atoms with Crippen LogP contribution in [0.4, 0.5) is 13.2 Å². The van der Waals surface area contributed by atoms with Crippen LogP contribution >= 0.6 is 0 Å². The zero-order valence-corrected chi connectivity index (χ0v) is 16.5. The quantitative estimate of drug-likeness (QED) is 0.670. The number of carbonyl (C=O) groups is 1. The third-order valence-corrected chi connectivity index (χ3v) is 5.10. The molecule has 29 heavy (non-hydrogen) atoms. The van der Waals surface area contributed by atoms with E-state index in [0.29, 0.717) is 5.56 Å². The number of benzene rings is 1. The second-order valence-corrected chi connectivity index (χ2v) is 8.08. The number of nitrogens with one attached hydrogen (secondary N) is 2. The number of alkyl halides is 3. The summed E-state index contributed by atoms with van der Waals surface area (Å²) in [5, 5.41) is 2.52. The molecule has 158 valence electrons. The first-order valence-electron chi connectivity index (χ1n) is 8.52. The van der Waals surface area contributed by atoms with Crippen molar-refractivity contribution in [3.8, 4) is 5.88 Å². The van der Waals surface area contributed by atoms with Crippen molar-refractivity contribution in [3.63, 3.8) is 0 Å². The molecule has 0 aliphatic carbocycles. The first-order valence-corrected chi connectivity index (χ1v) is 10.0. The Balaban J connectivity index is 2.10. The zero-order chi connectivity index (χ0) is 21.7. The average molecular weight is 431 g/mol. The third-order valence-electron chi connectivity index (χ3n) is 3.44. The van der Waals surface area contributed by atoms with Crippen molar-refractivity contribution >= 4 is 15.9 Å². The number of hydrogen-bond acceptors (Lipinski definition) is 5. The van der Waals surface area contributed by atoms with Gasteiger partial charge in [0.25, 0.3) is 5.91 Å². The number of carbonyl (C=O) groups excluding carboxylic acids is 1. The van der Waals surface area contributed by atoms with Crippen LogP contribution in [0.15, 0.2) is 47.5 Å². The SMILES string of the molecule is CC(C)NS(=O)(=O)c1cccc(CNC(=O)c2cccnc2OCC(F)(F)F)c1. The van der Waals surface area contributed by atoms with Crippen LogP contribution in [0.3, 0.4) is 0 Å². The average Bonchev–Trinajstić information content (AvgIpc) is 2.63. The lowest BCUT2D eigenvalue weighted by molar-refractivity contribution is -0.154. The monoisotopic (exact) mass is 431 g/mol. The van der Waals surface area contributed by atoms with Crippen LogP contribution in [0, 0.1) is 0 Å². The number of hydrogen-bond donors (Lipinski definition) is 2. The van der Waals surface area contributed by atoms with Crippen molar-refractivity contribution in [2.75, 3.05) is 6.61 Å². The van der Waals surface area contributed by atoms with Crippen molar-refractivity contribution in [3.05, 3.63) is 53.7 Å². The van der Waals surface area contributed by atoms with Gasteiger partial charge in [-0.3, -0.25) is 4.79 Å². The maximum atomic E-state index is 12.3. The Morgan fingerprint density at radius 1 is 1.21 bits per heavy atom. The highest BCUT2D eigenvalue weighted by atomic mass is 32.2. The van der Waals surface area contributed by atoms with Crippen molar-refractivity contribution in [2.24, 2.45) is 0 Å². The summed E-state index contributed by atoms with van der Waals surface area (Å²) >= 11 is 0. The summed E-state index contributed by atoms with van der Waals surface area (Å²) in [5.41, 5.74) is 0.327. The maximum Gasteiger partial charge on any atom is 0.422 e. The van der Waals surface area contributed by atoms with E-state index < -0.39 is 34.6 Å². The normalized spacial score (nSPS) is 12.1. The van der Waals surface area contributed by atoms with E-state index in [-0.39, 0.29) is 23.0 Å². The molecule has 1 heterocycles. The molecule has 0 atom stereocenters. The number of ether oxygens (including phenoxy) is 1. The molecule has 0 fully saturated rings. The first kappa shape index (κ1) is 22.6. The molecule has 0 aliphatic heterocycles. The number of rotatable bonds is 8. The van der Waals surface area contributed by atoms with Gasteiger partial charge in [-0.15, -0.1) is 0 Å². The van der Waals surface area contributed by atoms with Gasteiger partial charge in [0.05, 0.1) is 4.90 Å². The van der Waals surface area contributed by atoms with Crippen molar-refractivity contribution < 1.29 is 31.1 Å². The van der Waals surface area contributed by atoms with E-state index in [9.17, 15) is 26.4 Å². The molecule has 7 nitrogen and oxygen atoms in total. The Labute approximate surface area is 166 Å². The summed E-state index contributed by atoms with van der Waals surface area (Å²) in [7, 11) is -3.70. The fourth-order valence-electron chi connectivity index (χ4n) is 2.31. The Bertz CT molecular complexity index is 963. The molecule has 11 heteroatoms.